The van der Waals surface area contributed by atoms with Crippen molar-refractivity contribution < 1.29 is 9.53 Å². The number of methoxy groups -OCH3 is 1. The van der Waals surface area contributed by atoms with Crippen LogP contribution in [0.4, 0.5) is 0 Å². The molecule has 22 heavy (non-hydrogen) atoms. The normalized spacial score (nSPS) is 12.0. The Morgan fingerprint density at radius 1 is 1.23 bits per heavy atom. The number of rotatable bonds is 7. The van der Waals surface area contributed by atoms with E-state index in [2.05, 4.69) is 31.3 Å². The molecule has 1 unspecified atom stereocenters. The van der Waals surface area contributed by atoms with Crippen molar-refractivity contribution >= 4 is 17.2 Å². The molecular formula is C18H23NO2S. The fourth-order valence-corrected chi connectivity index (χ4v) is 3.08. The van der Waals surface area contributed by atoms with Gasteiger partial charge in [-0.25, -0.2) is 0 Å². The van der Waals surface area contributed by atoms with Gasteiger partial charge in [0.25, 0.3) is 5.91 Å². The number of carbonyl (C=O) groups excluding carboxylic acids is 1. The number of benzene rings is 1. The largest absolute Gasteiger partial charge is 0.497 e. The van der Waals surface area contributed by atoms with E-state index in [1.54, 1.807) is 18.4 Å². The Bertz CT molecular complexity index is 604. The Hall–Kier alpha value is -1.81. The summed E-state index contributed by atoms with van der Waals surface area (Å²) in [7, 11) is 1.67. The van der Waals surface area contributed by atoms with Crippen LogP contribution in [0.3, 0.4) is 0 Å². The zero-order valence-electron chi connectivity index (χ0n) is 13.4. The highest BCUT2D eigenvalue weighted by Crippen LogP contribution is 2.17. The Balaban J connectivity index is 1.81. The van der Waals surface area contributed by atoms with E-state index < -0.39 is 0 Å². The number of amides is 1. The molecule has 0 radical (unpaired) electrons. The molecule has 1 aromatic heterocycles. The highest BCUT2D eigenvalue weighted by atomic mass is 32.1. The van der Waals surface area contributed by atoms with Crippen molar-refractivity contribution in [3.05, 3.63) is 51.7 Å². The number of hydrogen-bond acceptors (Lipinski definition) is 3. The second-order valence-corrected chi connectivity index (χ2v) is 6.55. The minimum absolute atomic E-state index is 0.0342. The summed E-state index contributed by atoms with van der Waals surface area (Å²) < 4.78 is 5.15. The van der Waals surface area contributed by atoms with Gasteiger partial charge in [0.15, 0.2) is 0 Å². The van der Waals surface area contributed by atoms with Gasteiger partial charge in [0.05, 0.1) is 12.0 Å². The van der Waals surface area contributed by atoms with E-state index in [1.807, 2.05) is 24.3 Å². The predicted octanol–water partition coefficient (Wildman–Crippen LogP) is 4.07. The standard InChI is InChI=1S/C18H23NO2S/c1-4-16-11-12-17(22-16)18(20)19-13(2)5-6-14-7-9-15(21-3)10-8-14/h7-13H,4-6H2,1-3H3,(H,19,20). The maximum absolute atomic E-state index is 12.2. The van der Waals surface area contributed by atoms with E-state index >= 15 is 0 Å². The van der Waals surface area contributed by atoms with Crippen LogP contribution >= 0.6 is 11.3 Å². The van der Waals surface area contributed by atoms with Crippen molar-refractivity contribution in [1.82, 2.24) is 5.32 Å². The van der Waals surface area contributed by atoms with Crippen LogP contribution in [0.2, 0.25) is 0 Å². The van der Waals surface area contributed by atoms with Gasteiger partial charge < -0.3 is 10.1 Å². The summed E-state index contributed by atoms with van der Waals surface area (Å²) in [4.78, 5) is 14.2. The van der Waals surface area contributed by atoms with E-state index in [1.165, 1.54) is 10.4 Å². The van der Waals surface area contributed by atoms with Crippen LogP contribution in [0.5, 0.6) is 5.75 Å². The second-order valence-electron chi connectivity index (χ2n) is 5.38. The molecule has 0 aliphatic rings. The molecule has 1 amide bonds. The Labute approximate surface area is 136 Å². The van der Waals surface area contributed by atoms with Gasteiger partial charge in [-0.05, 0) is 56.0 Å². The zero-order valence-corrected chi connectivity index (χ0v) is 14.2. The van der Waals surface area contributed by atoms with Crippen molar-refractivity contribution in [2.75, 3.05) is 7.11 Å². The molecule has 0 saturated carbocycles. The van der Waals surface area contributed by atoms with Crippen molar-refractivity contribution in [1.29, 1.82) is 0 Å². The number of ether oxygens (including phenoxy) is 1. The van der Waals surface area contributed by atoms with Crippen LogP contribution in [0.1, 0.15) is 40.4 Å². The molecule has 0 bridgehead atoms. The van der Waals surface area contributed by atoms with Crippen LogP contribution in [-0.4, -0.2) is 19.1 Å². The molecule has 2 rings (SSSR count). The molecule has 2 aromatic rings. The molecule has 0 spiro atoms. The molecule has 118 valence electrons. The minimum Gasteiger partial charge on any atom is -0.497 e. The molecule has 0 aliphatic carbocycles. The molecule has 0 aliphatic heterocycles. The molecule has 0 fully saturated rings. The monoisotopic (exact) mass is 317 g/mol. The van der Waals surface area contributed by atoms with Gasteiger partial charge in [-0.3, -0.25) is 4.79 Å². The van der Waals surface area contributed by atoms with Crippen molar-refractivity contribution in [3.8, 4) is 5.75 Å². The van der Waals surface area contributed by atoms with Crippen molar-refractivity contribution in [2.45, 2.75) is 39.2 Å². The molecule has 4 heteroatoms. The highest BCUT2D eigenvalue weighted by molar-refractivity contribution is 7.14. The van der Waals surface area contributed by atoms with Gasteiger partial charge in [0, 0.05) is 10.9 Å². The average Bonchev–Trinajstić information content (AvgIpc) is 3.02. The minimum atomic E-state index is 0.0342. The summed E-state index contributed by atoms with van der Waals surface area (Å²) in [6.45, 7) is 4.15. The number of thiophene rings is 1. The fraction of sp³-hybridized carbons (Fsp3) is 0.389. The van der Waals surface area contributed by atoms with Gasteiger partial charge >= 0.3 is 0 Å². The van der Waals surface area contributed by atoms with Crippen LogP contribution in [0, 0.1) is 0 Å². The van der Waals surface area contributed by atoms with Crippen LogP contribution < -0.4 is 10.1 Å². The topological polar surface area (TPSA) is 38.3 Å². The first-order valence-corrected chi connectivity index (χ1v) is 8.46. The van der Waals surface area contributed by atoms with Crippen LogP contribution in [-0.2, 0) is 12.8 Å². The summed E-state index contributed by atoms with van der Waals surface area (Å²) in [6, 6.07) is 12.2. The smallest absolute Gasteiger partial charge is 0.261 e. The van der Waals surface area contributed by atoms with Crippen molar-refractivity contribution in [3.63, 3.8) is 0 Å². The van der Waals surface area contributed by atoms with Gasteiger partial charge in [-0.15, -0.1) is 11.3 Å². The third kappa shape index (κ3) is 4.60. The summed E-state index contributed by atoms with van der Waals surface area (Å²) >= 11 is 1.58. The molecular weight excluding hydrogens is 294 g/mol. The molecule has 0 saturated heterocycles. The summed E-state index contributed by atoms with van der Waals surface area (Å²) in [6.07, 6.45) is 2.84. The first-order valence-electron chi connectivity index (χ1n) is 7.65. The van der Waals surface area contributed by atoms with E-state index in [0.29, 0.717) is 0 Å². The Morgan fingerprint density at radius 2 is 1.95 bits per heavy atom. The number of aryl methyl sites for hydroxylation is 2. The van der Waals surface area contributed by atoms with E-state index in [9.17, 15) is 4.79 Å². The van der Waals surface area contributed by atoms with Gasteiger partial charge in [-0.1, -0.05) is 19.1 Å². The summed E-state index contributed by atoms with van der Waals surface area (Å²) in [5.74, 6) is 0.904. The van der Waals surface area contributed by atoms with Gasteiger partial charge in [0.2, 0.25) is 0 Å². The third-order valence-corrected chi connectivity index (χ3v) is 4.86. The maximum atomic E-state index is 12.2. The Morgan fingerprint density at radius 3 is 2.55 bits per heavy atom. The number of hydrogen-bond donors (Lipinski definition) is 1. The molecule has 3 nitrogen and oxygen atoms in total. The second kappa shape index (κ2) is 7.99. The number of nitrogens with one attached hydrogen (secondary N) is 1. The summed E-state index contributed by atoms with van der Waals surface area (Å²) in [5.41, 5.74) is 1.26. The average molecular weight is 317 g/mol. The Kier molecular flexibility index (Phi) is 6.01. The lowest BCUT2D eigenvalue weighted by Crippen LogP contribution is -2.32. The molecule has 1 aromatic carbocycles. The highest BCUT2D eigenvalue weighted by Gasteiger charge is 2.12. The molecule has 1 N–H and O–H groups in total. The number of carbonyl (C=O) groups is 1. The molecule has 1 atom stereocenters. The van der Waals surface area contributed by atoms with E-state index in [-0.39, 0.29) is 11.9 Å². The first-order chi connectivity index (χ1) is 10.6. The lowest BCUT2D eigenvalue weighted by Gasteiger charge is -2.13. The van der Waals surface area contributed by atoms with E-state index in [0.717, 1.165) is 29.9 Å². The maximum Gasteiger partial charge on any atom is 0.261 e. The van der Waals surface area contributed by atoms with Gasteiger partial charge in [0.1, 0.15) is 5.75 Å². The zero-order chi connectivity index (χ0) is 15.9. The van der Waals surface area contributed by atoms with Crippen LogP contribution in [0.25, 0.3) is 0 Å². The van der Waals surface area contributed by atoms with Crippen molar-refractivity contribution in [2.24, 2.45) is 0 Å². The summed E-state index contributed by atoms with van der Waals surface area (Å²) in [5, 5.41) is 3.07. The van der Waals surface area contributed by atoms with Crippen LogP contribution in [0.15, 0.2) is 36.4 Å². The third-order valence-electron chi connectivity index (χ3n) is 3.64. The predicted molar refractivity (Wildman–Crippen MR) is 91.9 cm³/mol. The SMILES string of the molecule is CCc1ccc(C(=O)NC(C)CCc2ccc(OC)cc2)s1. The lowest BCUT2D eigenvalue weighted by atomic mass is 10.1. The van der Waals surface area contributed by atoms with E-state index in [4.69, 9.17) is 4.74 Å². The molecule has 1 heterocycles. The van der Waals surface area contributed by atoms with Gasteiger partial charge in [-0.2, -0.15) is 0 Å². The quantitative estimate of drug-likeness (QED) is 0.836. The lowest BCUT2D eigenvalue weighted by molar-refractivity contribution is 0.0942. The first kappa shape index (κ1) is 16.6. The fourth-order valence-electron chi connectivity index (χ4n) is 2.23.